The highest BCUT2D eigenvalue weighted by molar-refractivity contribution is 6.74. The quantitative estimate of drug-likeness (QED) is 0.783. The Morgan fingerprint density at radius 1 is 1.25 bits per heavy atom. The van der Waals surface area contributed by atoms with Gasteiger partial charge in [0.15, 0.2) is 8.32 Å². The third-order valence-electron chi connectivity index (χ3n) is 4.53. The number of hydrogen-bond donors (Lipinski definition) is 2. The summed E-state index contributed by atoms with van der Waals surface area (Å²) in [6.45, 7) is 12.2. The van der Waals surface area contributed by atoms with Crippen LogP contribution in [0.5, 0.6) is 0 Å². The maximum absolute atomic E-state index is 11.3. The second kappa shape index (κ2) is 5.36. The molecule has 1 saturated heterocycles. The van der Waals surface area contributed by atoms with Crippen molar-refractivity contribution in [1.29, 1.82) is 0 Å². The normalized spacial score (nSPS) is 27.7. The van der Waals surface area contributed by atoms with Gasteiger partial charge in [0, 0.05) is 6.42 Å². The third kappa shape index (κ3) is 3.14. The predicted molar refractivity (Wildman–Crippen MR) is 77.4 cm³/mol. The van der Waals surface area contributed by atoms with Crippen molar-refractivity contribution in [2.24, 2.45) is 0 Å². The van der Waals surface area contributed by atoms with Crippen LogP contribution in [-0.2, 0) is 9.22 Å². The van der Waals surface area contributed by atoms with Crippen LogP contribution >= 0.6 is 0 Å². The highest BCUT2D eigenvalue weighted by atomic mass is 28.4. The fourth-order valence-corrected chi connectivity index (χ4v) is 3.63. The van der Waals surface area contributed by atoms with E-state index in [9.17, 15) is 19.8 Å². The molecule has 2 N–H and O–H groups in total. The molecule has 0 aromatic carbocycles. The Balaban J connectivity index is 2.94. The van der Waals surface area contributed by atoms with Gasteiger partial charge in [-0.2, -0.15) is 0 Å². The lowest BCUT2D eigenvalue weighted by Gasteiger charge is -2.39. The molecular weight excluding hydrogens is 278 g/mol. The fraction of sp³-hybridized carbons (Fsp3) is 0.846. The van der Waals surface area contributed by atoms with E-state index in [0.29, 0.717) is 0 Å². The summed E-state index contributed by atoms with van der Waals surface area (Å²) in [7, 11) is -2.05. The number of carbonyl (C=O) groups is 2. The average Bonchev–Trinajstić information content (AvgIpc) is 2.54. The Bertz CT molecular complexity index is 404. The van der Waals surface area contributed by atoms with Crippen molar-refractivity contribution >= 4 is 20.4 Å². The summed E-state index contributed by atoms with van der Waals surface area (Å²) in [6, 6.07) is -1.46. The van der Waals surface area contributed by atoms with Gasteiger partial charge in [0.05, 0.1) is 12.1 Å². The summed E-state index contributed by atoms with van der Waals surface area (Å²) >= 11 is 0. The van der Waals surface area contributed by atoms with Gasteiger partial charge in [-0.15, -0.1) is 0 Å². The number of nitrogens with zero attached hydrogens (tertiary/aromatic N) is 1. The van der Waals surface area contributed by atoms with Gasteiger partial charge in [-0.1, -0.05) is 20.8 Å². The zero-order valence-corrected chi connectivity index (χ0v) is 14.0. The molecular formula is C13H25NO5Si. The largest absolute Gasteiger partial charge is 0.480 e. The Morgan fingerprint density at radius 3 is 2.05 bits per heavy atom. The molecule has 0 spiro atoms. The standard InChI is InChI=1S/C13H25NO5Si/c1-8-10(19-20(5,6)13(2,3)4)7-9(11(15)16)14(8)12(17)18/h8-10H,7H2,1-6H3,(H,15,16)(H,17,18)/t8-,9+,10-/m1/s1. The van der Waals surface area contributed by atoms with Crippen molar-refractivity contribution in [3.63, 3.8) is 0 Å². The van der Waals surface area contributed by atoms with Crippen LogP contribution in [0.1, 0.15) is 34.1 Å². The fourth-order valence-electron chi connectivity index (χ4n) is 2.22. The number of amides is 1. The van der Waals surface area contributed by atoms with Crippen LogP contribution in [0.3, 0.4) is 0 Å². The Labute approximate surface area is 120 Å². The molecule has 116 valence electrons. The van der Waals surface area contributed by atoms with E-state index < -0.39 is 32.5 Å². The number of carboxylic acid groups (broad SMARTS) is 2. The molecule has 0 bridgehead atoms. The van der Waals surface area contributed by atoms with Crippen LogP contribution in [0.4, 0.5) is 4.79 Å². The number of hydrogen-bond acceptors (Lipinski definition) is 3. The van der Waals surface area contributed by atoms with E-state index in [4.69, 9.17) is 4.43 Å². The molecule has 1 aliphatic heterocycles. The minimum atomic E-state index is -2.05. The Kier molecular flexibility index (Phi) is 4.55. The van der Waals surface area contributed by atoms with Crippen LogP contribution in [0.25, 0.3) is 0 Å². The van der Waals surface area contributed by atoms with Crippen LogP contribution in [-0.4, -0.2) is 53.7 Å². The van der Waals surface area contributed by atoms with Gasteiger partial charge in [0.1, 0.15) is 6.04 Å². The van der Waals surface area contributed by atoms with Gasteiger partial charge < -0.3 is 14.6 Å². The molecule has 6 nitrogen and oxygen atoms in total. The molecule has 1 fully saturated rings. The lowest BCUT2D eigenvalue weighted by Crippen LogP contribution is -2.48. The number of carboxylic acids is 1. The van der Waals surface area contributed by atoms with E-state index in [2.05, 4.69) is 33.9 Å². The van der Waals surface area contributed by atoms with Gasteiger partial charge in [-0.05, 0) is 25.1 Å². The van der Waals surface area contributed by atoms with Crippen molar-refractivity contribution in [3.05, 3.63) is 0 Å². The topological polar surface area (TPSA) is 87.1 Å². The molecule has 0 saturated carbocycles. The first-order valence-corrected chi connectivity index (χ1v) is 9.71. The predicted octanol–water partition coefficient (Wildman–Crippen LogP) is 2.60. The maximum Gasteiger partial charge on any atom is 0.408 e. The molecule has 1 rings (SSSR count). The molecule has 7 heteroatoms. The van der Waals surface area contributed by atoms with E-state index in [0.717, 1.165) is 4.90 Å². The second-order valence-corrected chi connectivity index (χ2v) is 11.7. The van der Waals surface area contributed by atoms with E-state index in [-0.39, 0.29) is 17.6 Å². The first-order valence-electron chi connectivity index (χ1n) is 6.80. The van der Waals surface area contributed by atoms with Crippen molar-refractivity contribution in [2.75, 3.05) is 0 Å². The highest BCUT2D eigenvalue weighted by Gasteiger charge is 2.49. The molecule has 0 radical (unpaired) electrons. The summed E-state index contributed by atoms with van der Waals surface area (Å²) in [5.41, 5.74) is 0. The lowest BCUT2D eigenvalue weighted by atomic mass is 10.1. The Hall–Kier alpha value is -1.08. The van der Waals surface area contributed by atoms with Gasteiger partial charge in [-0.3, -0.25) is 4.90 Å². The molecule has 1 amide bonds. The van der Waals surface area contributed by atoms with E-state index in [1.807, 2.05) is 0 Å². The van der Waals surface area contributed by atoms with Crippen molar-refractivity contribution < 1.29 is 24.2 Å². The zero-order chi connectivity index (χ0) is 15.9. The van der Waals surface area contributed by atoms with Crippen LogP contribution < -0.4 is 0 Å². The summed E-state index contributed by atoms with van der Waals surface area (Å²) in [5.74, 6) is -1.11. The van der Waals surface area contributed by atoms with Crippen molar-refractivity contribution in [3.8, 4) is 0 Å². The minimum Gasteiger partial charge on any atom is -0.480 e. The van der Waals surface area contributed by atoms with Crippen LogP contribution in [0.2, 0.25) is 18.1 Å². The minimum absolute atomic E-state index is 0.00207. The highest BCUT2D eigenvalue weighted by Crippen LogP contribution is 2.40. The summed E-state index contributed by atoms with van der Waals surface area (Å²) in [5, 5.41) is 18.4. The van der Waals surface area contributed by atoms with Crippen LogP contribution in [0.15, 0.2) is 0 Å². The molecule has 1 aliphatic rings. The molecule has 0 aromatic heterocycles. The SMILES string of the molecule is C[C@@H]1[C@H](O[Si](C)(C)C(C)(C)C)C[C@@H](C(=O)O)N1C(=O)O. The zero-order valence-electron chi connectivity index (χ0n) is 13.0. The van der Waals surface area contributed by atoms with Crippen LogP contribution in [0, 0.1) is 0 Å². The number of aliphatic carboxylic acids is 1. The molecule has 3 atom stereocenters. The van der Waals surface area contributed by atoms with Crippen molar-refractivity contribution in [1.82, 2.24) is 4.90 Å². The first-order chi connectivity index (χ1) is 8.88. The maximum atomic E-state index is 11.3. The lowest BCUT2D eigenvalue weighted by molar-refractivity contribution is -0.141. The van der Waals surface area contributed by atoms with Gasteiger partial charge >= 0.3 is 12.1 Å². The molecule has 0 unspecified atom stereocenters. The smallest absolute Gasteiger partial charge is 0.408 e. The number of rotatable bonds is 3. The van der Waals surface area contributed by atoms with Crippen molar-refractivity contribution in [2.45, 2.75) is 70.4 Å². The number of likely N-dealkylation sites (tertiary alicyclic amines) is 1. The van der Waals surface area contributed by atoms with Gasteiger partial charge in [0.25, 0.3) is 0 Å². The van der Waals surface area contributed by atoms with Gasteiger partial charge in [-0.25, -0.2) is 9.59 Å². The van der Waals surface area contributed by atoms with E-state index >= 15 is 0 Å². The molecule has 0 aliphatic carbocycles. The summed E-state index contributed by atoms with van der Waals surface area (Å²) in [6.07, 6.45) is -1.34. The second-order valence-electron chi connectivity index (χ2n) is 6.94. The molecule has 20 heavy (non-hydrogen) atoms. The third-order valence-corrected chi connectivity index (χ3v) is 9.03. The van der Waals surface area contributed by atoms with E-state index in [1.165, 1.54) is 0 Å². The Morgan fingerprint density at radius 2 is 1.75 bits per heavy atom. The molecule has 1 heterocycles. The monoisotopic (exact) mass is 303 g/mol. The average molecular weight is 303 g/mol. The summed E-state index contributed by atoms with van der Waals surface area (Å²) < 4.78 is 6.21. The van der Waals surface area contributed by atoms with E-state index in [1.54, 1.807) is 6.92 Å². The molecule has 0 aromatic rings. The first kappa shape index (κ1) is 17.0. The summed E-state index contributed by atoms with van der Waals surface area (Å²) in [4.78, 5) is 23.5. The van der Waals surface area contributed by atoms with Gasteiger partial charge in [0.2, 0.25) is 0 Å².